The lowest BCUT2D eigenvalue weighted by atomic mass is 10.0. The quantitative estimate of drug-likeness (QED) is 0.853. The van der Waals surface area contributed by atoms with Gasteiger partial charge in [-0.2, -0.15) is 0 Å². The van der Waals surface area contributed by atoms with Crippen molar-refractivity contribution in [3.05, 3.63) is 24.0 Å². The standard InChI is InChI=1S/C12H21N3.ClH/c1-10(12-4-3-7-14-12)15(2)11-5-8-13-9-6-11;/h3-4,7,10-11,13-14H,5-6,8-9H2,1-2H3;1H. The molecule has 2 heterocycles. The molecule has 1 aliphatic heterocycles. The smallest absolute Gasteiger partial charge is 0.0470 e. The van der Waals surface area contributed by atoms with Crippen LogP contribution in [-0.4, -0.2) is 36.1 Å². The van der Waals surface area contributed by atoms with Gasteiger partial charge in [-0.05, 0) is 52.0 Å². The average Bonchev–Trinajstić information content (AvgIpc) is 2.82. The molecule has 0 spiro atoms. The molecule has 0 saturated carbocycles. The van der Waals surface area contributed by atoms with Crippen LogP contribution in [0.25, 0.3) is 0 Å². The van der Waals surface area contributed by atoms with Crippen LogP contribution in [0.2, 0.25) is 0 Å². The molecule has 0 radical (unpaired) electrons. The van der Waals surface area contributed by atoms with Gasteiger partial charge in [0.15, 0.2) is 0 Å². The van der Waals surface area contributed by atoms with Gasteiger partial charge in [0.05, 0.1) is 0 Å². The predicted octanol–water partition coefficient (Wildman–Crippen LogP) is 2.18. The lowest BCUT2D eigenvalue weighted by molar-refractivity contribution is 0.150. The van der Waals surface area contributed by atoms with Gasteiger partial charge in [-0.1, -0.05) is 0 Å². The van der Waals surface area contributed by atoms with Crippen LogP contribution in [0, 0.1) is 0 Å². The zero-order chi connectivity index (χ0) is 10.7. The Morgan fingerprint density at radius 2 is 2.06 bits per heavy atom. The van der Waals surface area contributed by atoms with E-state index in [1.165, 1.54) is 18.5 Å². The van der Waals surface area contributed by atoms with E-state index in [0.29, 0.717) is 6.04 Å². The van der Waals surface area contributed by atoms with Gasteiger partial charge >= 0.3 is 0 Å². The number of halogens is 1. The summed E-state index contributed by atoms with van der Waals surface area (Å²) in [5, 5.41) is 3.41. The van der Waals surface area contributed by atoms with E-state index < -0.39 is 0 Å². The summed E-state index contributed by atoms with van der Waals surface area (Å²) < 4.78 is 0. The molecule has 0 bridgehead atoms. The maximum absolute atomic E-state index is 3.41. The topological polar surface area (TPSA) is 31.1 Å². The molecule has 1 atom stereocenters. The van der Waals surface area contributed by atoms with Gasteiger partial charge in [-0.15, -0.1) is 12.4 Å². The third-order valence-electron chi connectivity index (χ3n) is 3.57. The molecule has 1 aromatic rings. The van der Waals surface area contributed by atoms with E-state index >= 15 is 0 Å². The second-order valence-electron chi connectivity index (χ2n) is 4.45. The van der Waals surface area contributed by atoms with Crippen LogP contribution >= 0.6 is 12.4 Å². The maximum Gasteiger partial charge on any atom is 0.0470 e. The van der Waals surface area contributed by atoms with Gasteiger partial charge in [-0.25, -0.2) is 0 Å². The molecule has 92 valence electrons. The molecular weight excluding hydrogens is 222 g/mol. The summed E-state index contributed by atoms with van der Waals surface area (Å²) in [6, 6.07) is 5.46. The monoisotopic (exact) mass is 243 g/mol. The Kier molecular flexibility index (Phi) is 5.32. The van der Waals surface area contributed by atoms with E-state index in [-0.39, 0.29) is 12.4 Å². The molecule has 1 aliphatic rings. The highest BCUT2D eigenvalue weighted by atomic mass is 35.5. The number of hydrogen-bond acceptors (Lipinski definition) is 2. The van der Waals surface area contributed by atoms with Crippen molar-refractivity contribution in [1.82, 2.24) is 15.2 Å². The Labute approximate surface area is 104 Å². The second kappa shape index (κ2) is 6.28. The van der Waals surface area contributed by atoms with Gasteiger partial charge in [0.2, 0.25) is 0 Å². The number of H-pyrrole nitrogens is 1. The van der Waals surface area contributed by atoms with Gasteiger partial charge in [0, 0.05) is 24.0 Å². The molecule has 2 N–H and O–H groups in total. The number of piperidine rings is 1. The molecule has 1 aromatic heterocycles. The fraction of sp³-hybridized carbons (Fsp3) is 0.667. The number of nitrogens with zero attached hydrogens (tertiary/aromatic N) is 1. The predicted molar refractivity (Wildman–Crippen MR) is 70.1 cm³/mol. The van der Waals surface area contributed by atoms with Gasteiger partial charge < -0.3 is 10.3 Å². The highest BCUT2D eigenvalue weighted by Gasteiger charge is 2.22. The van der Waals surface area contributed by atoms with Crippen molar-refractivity contribution in [3.8, 4) is 0 Å². The Morgan fingerprint density at radius 3 is 2.62 bits per heavy atom. The first kappa shape index (κ1) is 13.6. The van der Waals surface area contributed by atoms with Crippen molar-refractivity contribution in [2.24, 2.45) is 0 Å². The summed E-state index contributed by atoms with van der Waals surface area (Å²) in [6.45, 7) is 4.59. The van der Waals surface area contributed by atoms with Crippen molar-refractivity contribution in [2.75, 3.05) is 20.1 Å². The minimum absolute atomic E-state index is 0. The fourth-order valence-corrected chi connectivity index (χ4v) is 2.35. The molecule has 3 nitrogen and oxygen atoms in total. The lowest BCUT2D eigenvalue weighted by Gasteiger charge is -2.35. The van der Waals surface area contributed by atoms with Crippen molar-refractivity contribution in [1.29, 1.82) is 0 Å². The molecule has 1 saturated heterocycles. The molecule has 0 aromatic carbocycles. The summed E-state index contributed by atoms with van der Waals surface area (Å²) in [5.41, 5.74) is 1.32. The van der Waals surface area contributed by atoms with Gasteiger partial charge in [0.25, 0.3) is 0 Å². The van der Waals surface area contributed by atoms with Crippen molar-refractivity contribution in [3.63, 3.8) is 0 Å². The maximum atomic E-state index is 3.41. The third-order valence-corrected chi connectivity index (χ3v) is 3.57. The van der Waals surface area contributed by atoms with E-state index in [9.17, 15) is 0 Å². The molecular formula is C12H22ClN3. The van der Waals surface area contributed by atoms with Crippen LogP contribution in [0.5, 0.6) is 0 Å². The fourth-order valence-electron chi connectivity index (χ4n) is 2.35. The molecule has 1 fully saturated rings. The zero-order valence-corrected chi connectivity index (χ0v) is 10.9. The van der Waals surface area contributed by atoms with Crippen LogP contribution in [0.4, 0.5) is 0 Å². The van der Waals surface area contributed by atoms with E-state index in [2.05, 4.69) is 41.3 Å². The lowest BCUT2D eigenvalue weighted by Crippen LogP contribution is -2.42. The van der Waals surface area contributed by atoms with Crippen LogP contribution in [0.1, 0.15) is 31.5 Å². The van der Waals surface area contributed by atoms with Crippen LogP contribution in [-0.2, 0) is 0 Å². The van der Waals surface area contributed by atoms with Crippen molar-refractivity contribution < 1.29 is 0 Å². The normalized spacial score (nSPS) is 19.4. The zero-order valence-electron chi connectivity index (χ0n) is 10.1. The summed E-state index contributed by atoms with van der Waals surface area (Å²) in [5.74, 6) is 0. The van der Waals surface area contributed by atoms with E-state index in [0.717, 1.165) is 19.1 Å². The molecule has 2 rings (SSSR count). The van der Waals surface area contributed by atoms with Gasteiger partial charge in [-0.3, -0.25) is 4.90 Å². The molecule has 16 heavy (non-hydrogen) atoms. The number of aromatic nitrogens is 1. The third kappa shape index (κ3) is 3.00. The Bertz CT molecular complexity index is 280. The number of nitrogens with one attached hydrogen (secondary N) is 2. The summed E-state index contributed by atoms with van der Waals surface area (Å²) >= 11 is 0. The largest absolute Gasteiger partial charge is 0.364 e. The SMILES string of the molecule is CC(c1ccc[nH]1)N(C)C1CCNCC1.Cl. The number of hydrogen-bond donors (Lipinski definition) is 2. The molecule has 0 amide bonds. The Balaban J connectivity index is 0.00000128. The number of aromatic amines is 1. The highest BCUT2D eigenvalue weighted by Crippen LogP contribution is 2.22. The minimum Gasteiger partial charge on any atom is -0.364 e. The van der Waals surface area contributed by atoms with E-state index in [4.69, 9.17) is 0 Å². The molecule has 4 heteroatoms. The van der Waals surface area contributed by atoms with Crippen molar-refractivity contribution in [2.45, 2.75) is 31.8 Å². The highest BCUT2D eigenvalue weighted by molar-refractivity contribution is 5.85. The average molecular weight is 244 g/mol. The van der Waals surface area contributed by atoms with Crippen LogP contribution < -0.4 is 5.32 Å². The first-order valence-electron chi connectivity index (χ1n) is 5.85. The Morgan fingerprint density at radius 1 is 1.38 bits per heavy atom. The van der Waals surface area contributed by atoms with Crippen LogP contribution in [0.3, 0.4) is 0 Å². The van der Waals surface area contributed by atoms with Crippen molar-refractivity contribution >= 4 is 12.4 Å². The minimum atomic E-state index is 0. The summed E-state index contributed by atoms with van der Waals surface area (Å²) in [6.07, 6.45) is 4.53. The Hall–Kier alpha value is -0.510. The van der Waals surface area contributed by atoms with E-state index in [1.54, 1.807) is 0 Å². The summed E-state index contributed by atoms with van der Waals surface area (Å²) in [7, 11) is 2.24. The molecule has 1 unspecified atom stereocenters. The molecule has 0 aliphatic carbocycles. The first-order valence-corrected chi connectivity index (χ1v) is 5.85. The van der Waals surface area contributed by atoms with E-state index in [1.807, 2.05) is 6.20 Å². The van der Waals surface area contributed by atoms with Gasteiger partial charge in [0.1, 0.15) is 0 Å². The van der Waals surface area contributed by atoms with Crippen LogP contribution in [0.15, 0.2) is 18.3 Å². The second-order valence-corrected chi connectivity index (χ2v) is 4.45. The number of rotatable bonds is 3. The summed E-state index contributed by atoms with van der Waals surface area (Å²) in [4.78, 5) is 5.79. The first-order chi connectivity index (χ1) is 7.29.